The SMILES string of the molecule is O=C1Nc2ccc(C(=O)NCC3CCCCC3)cc2C1=C(Nc1ccc(CN2CCCC2)cc1)c1ccccc1. The molecular formula is C34H38N4O2. The Morgan fingerprint density at radius 2 is 1.60 bits per heavy atom. The summed E-state index contributed by atoms with van der Waals surface area (Å²) in [5.41, 5.74) is 6.42. The van der Waals surface area contributed by atoms with Gasteiger partial charge in [-0.15, -0.1) is 0 Å². The van der Waals surface area contributed by atoms with Crippen LogP contribution in [-0.2, 0) is 11.3 Å². The number of benzene rings is 3. The van der Waals surface area contributed by atoms with Crippen molar-refractivity contribution in [3.63, 3.8) is 0 Å². The molecule has 40 heavy (non-hydrogen) atoms. The van der Waals surface area contributed by atoms with Gasteiger partial charge in [0.05, 0.1) is 11.3 Å². The second kappa shape index (κ2) is 12.1. The summed E-state index contributed by atoms with van der Waals surface area (Å²) in [4.78, 5) is 29.0. The molecular weight excluding hydrogens is 496 g/mol. The van der Waals surface area contributed by atoms with Gasteiger partial charge in [-0.25, -0.2) is 0 Å². The predicted molar refractivity (Wildman–Crippen MR) is 162 cm³/mol. The van der Waals surface area contributed by atoms with Gasteiger partial charge in [-0.2, -0.15) is 0 Å². The highest BCUT2D eigenvalue weighted by atomic mass is 16.2. The first-order chi connectivity index (χ1) is 19.6. The van der Waals surface area contributed by atoms with Crippen LogP contribution in [-0.4, -0.2) is 36.3 Å². The molecule has 6 nitrogen and oxygen atoms in total. The predicted octanol–water partition coefficient (Wildman–Crippen LogP) is 6.53. The summed E-state index contributed by atoms with van der Waals surface area (Å²) in [5, 5.41) is 9.70. The first-order valence-electron chi connectivity index (χ1n) is 14.8. The fraction of sp³-hybridized carbons (Fsp3) is 0.353. The summed E-state index contributed by atoms with van der Waals surface area (Å²) in [6, 6.07) is 23.9. The Morgan fingerprint density at radius 3 is 2.35 bits per heavy atom. The summed E-state index contributed by atoms with van der Waals surface area (Å²) in [5.74, 6) is 0.295. The van der Waals surface area contributed by atoms with E-state index in [0.29, 0.717) is 23.6 Å². The van der Waals surface area contributed by atoms with Crippen LogP contribution in [0.3, 0.4) is 0 Å². The second-order valence-corrected chi connectivity index (χ2v) is 11.3. The maximum atomic E-state index is 13.4. The molecule has 206 valence electrons. The first kappa shape index (κ1) is 26.3. The Balaban J connectivity index is 1.28. The lowest BCUT2D eigenvalue weighted by molar-refractivity contribution is -0.110. The van der Waals surface area contributed by atoms with Crippen molar-refractivity contribution >= 4 is 34.5 Å². The summed E-state index contributed by atoms with van der Waals surface area (Å²) >= 11 is 0. The average molecular weight is 535 g/mol. The molecule has 0 atom stereocenters. The van der Waals surface area contributed by atoms with E-state index in [9.17, 15) is 9.59 Å². The van der Waals surface area contributed by atoms with Crippen LogP contribution in [0.4, 0.5) is 11.4 Å². The van der Waals surface area contributed by atoms with E-state index < -0.39 is 0 Å². The molecule has 2 aliphatic heterocycles. The molecule has 6 rings (SSSR count). The molecule has 0 bridgehead atoms. The van der Waals surface area contributed by atoms with Gasteiger partial charge in [-0.3, -0.25) is 14.5 Å². The number of amides is 2. The van der Waals surface area contributed by atoms with Crippen LogP contribution in [0.2, 0.25) is 0 Å². The molecule has 1 saturated heterocycles. The Bertz CT molecular complexity index is 1390. The normalized spacial score (nSPS) is 18.8. The molecule has 3 aromatic carbocycles. The van der Waals surface area contributed by atoms with Crippen molar-refractivity contribution in [2.75, 3.05) is 30.3 Å². The molecule has 0 spiro atoms. The van der Waals surface area contributed by atoms with Crippen LogP contribution in [0.5, 0.6) is 0 Å². The summed E-state index contributed by atoms with van der Waals surface area (Å²) in [6.45, 7) is 4.01. The van der Waals surface area contributed by atoms with Crippen LogP contribution < -0.4 is 16.0 Å². The van der Waals surface area contributed by atoms with Crippen molar-refractivity contribution in [2.45, 2.75) is 51.5 Å². The van der Waals surface area contributed by atoms with E-state index in [1.165, 1.54) is 63.6 Å². The van der Waals surface area contributed by atoms with Gasteiger partial charge in [0.1, 0.15) is 0 Å². The van der Waals surface area contributed by atoms with Gasteiger partial charge in [0.15, 0.2) is 0 Å². The Morgan fingerprint density at radius 1 is 0.850 bits per heavy atom. The highest BCUT2D eigenvalue weighted by molar-refractivity contribution is 6.37. The third-order valence-corrected chi connectivity index (χ3v) is 8.44. The van der Waals surface area contributed by atoms with E-state index in [2.05, 4.69) is 45.1 Å². The van der Waals surface area contributed by atoms with Crippen LogP contribution in [0, 0.1) is 5.92 Å². The topological polar surface area (TPSA) is 73.5 Å². The van der Waals surface area contributed by atoms with Gasteiger partial charge in [-0.1, -0.05) is 61.7 Å². The van der Waals surface area contributed by atoms with Crippen LogP contribution in [0.25, 0.3) is 11.3 Å². The molecule has 3 aromatic rings. The van der Waals surface area contributed by atoms with Gasteiger partial charge in [0, 0.05) is 35.6 Å². The van der Waals surface area contributed by atoms with Crippen LogP contribution in [0.1, 0.15) is 72.0 Å². The third kappa shape index (κ3) is 5.97. The zero-order valence-electron chi connectivity index (χ0n) is 23.0. The lowest BCUT2D eigenvalue weighted by Gasteiger charge is -2.21. The van der Waals surface area contributed by atoms with E-state index in [1.807, 2.05) is 42.5 Å². The lowest BCUT2D eigenvalue weighted by atomic mass is 9.89. The van der Waals surface area contributed by atoms with Crippen LogP contribution >= 0.6 is 0 Å². The number of nitrogens with one attached hydrogen (secondary N) is 3. The zero-order valence-corrected chi connectivity index (χ0v) is 23.0. The third-order valence-electron chi connectivity index (χ3n) is 8.44. The molecule has 1 aliphatic carbocycles. The Kier molecular flexibility index (Phi) is 7.96. The van der Waals surface area contributed by atoms with Crippen molar-refractivity contribution in [3.8, 4) is 0 Å². The highest BCUT2D eigenvalue weighted by Gasteiger charge is 2.29. The van der Waals surface area contributed by atoms with Crippen molar-refractivity contribution in [3.05, 3.63) is 95.1 Å². The van der Waals surface area contributed by atoms with E-state index in [-0.39, 0.29) is 11.8 Å². The molecule has 6 heteroatoms. The van der Waals surface area contributed by atoms with Crippen molar-refractivity contribution < 1.29 is 9.59 Å². The van der Waals surface area contributed by atoms with Gasteiger partial charge in [0.25, 0.3) is 11.8 Å². The Labute approximate surface area is 236 Å². The number of fused-ring (bicyclic) bond motifs is 1. The highest BCUT2D eigenvalue weighted by Crippen LogP contribution is 2.38. The molecule has 1 saturated carbocycles. The van der Waals surface area contributed by atoms with Crippen molar-refractivity contribution in [1.82, 2.24) is 10.2 Å². The minimum absolute atomic E-state index is 0.0881. The molecule has 2 amide bonds. The smallest absolute Gasteiger partial charge is 0.258 e. The van der Waals surface area contributed by atoms with E-state index in [4.69, 9.17) is 0 Å². The number of carbonyl (C=O) groups excluding carboxylic acids is 2. The number of rotatable bonds is 8. The minimum atomic E-state index is -0.174. The number of carbonyl (C=O) groups is 2. The summed E-state index contributed by atoms with van der Waals surface area (Å²) < 4.78 is 0. The molecule has 0 aromatic heterocycles. The molecule has 3 aliphatic rings. The molecule has 2 heterocycles. The van der Waals surface area contributed by atoms with Gasteiger partial charge in [0.2, 0.25) is 0 Å². The molecule has 3 N–H and O–H groups in total. The fourth-order valence-electron chi connectivity index (χ4n) is 6.21. The van der Waals surface area contributed by atoms with Gasteiger partial charge < -0.3 is 16.0 Å². The van der Waals surface area contributed by atoms with Crippen LogP contribution in [0.15, 0.2) is 72.8 Å². The number of hydrogen-bond acceptors (Lipinski definition) is 4. The number of nitrogens with zero attached hydrogens (tertiary/aromatic N) is 1. The maximum Gasteiger partial charge on any atom is 0.258 e. The zero-order chi connectivity index (χ0) is 27.3. The van der Waals surface area contributed by atoms with Crippen molar-refractivity contribution in [2.24, 2.45) is 5.92 Å². The lowest BCUT2D eigenvalue weighted by Crippen LogP contribution is -2.30. The summed E-state index contributed by atoms with van der Waals surface area (Å²) in [7, 11) is 0. The van der Waals surface area contributed by atoms with Gasteiger partial charge in [-0.05, 0) is 86.1 Å². The number of likely N-dealkylation sites (tertiary alicyclic amines) is 1. The molecule has 2 fully saturated rings. The van der Waals surface area contributed by atoms with Crippen molar-refractivity contribution in [1.29, 1.82) is 0 Å². The number of hydrogen-bond donors (Lipinski definition) is 3. The van der Waals surface area contributed by atoms with Gasteiger partial charge >= 0.3 is 0 Å². The van der Waals surface area contributed by atoms with E-state index in [1.54, 1.807) is 6.07 Å². The fourth-order valence-corrected chi connectivity index (χ4v) is 6.21. The largest absolute Gasteiger partial charge is 0.354 e. The average Bonchev–Trinajstić information content (AvgIpc) is 3.63. The quantitative estimate of drug-likeness (QED) is 0.288. The minimum Gasteiger partial charge on any atom is -0.354 e. The second-order valence-electron chi connectivity index (χ2n) is 11.3. The van der Waals surface area contributed by atoms with E-state index >= 15 is 0 Å². The first-order valence-corrected chi connectivity index (χ1v) is 14.8. The standard InChI is InChI=1S/C34H38N4O2/c39-33(35-22-24-9-3-1-4-10-24)27-15-18-30-29(21-27)31(34(40)37-30)32(26-11-5-2-6-12-26)36-28-16-13-25(14-17-28)23-38-19-7-8-20-38/h2,5-6,11-18,21,24,36H,1,3-4,7-10,19-20,22-23H2,(H,35,39)(H,37,40). The maximum absolute atomic E-state index is 13.4. The van der Waals surface area contributed by atoms with E-state index in [0.717, 1.165) is 34.7 Å². The number of anilines is 2. The summed E-state index contributed by atoms with van der Waals surface area (Å²) in [6.07, 6.45) is 8.71. The molecule has 0 radical (unpaired) electrons. The molecule has 0 unspecified atom stereocenters. The Hall–Kier alpha value is -3.90. The monoisotopic (exact) mass is 534 g/mol.